The number of hydrogen-bond acceptors (Lipinski definition) is 2. The van der Waals surface area contributed by atoms with Gasteiger partial charge in [-0.15, -0.1) is 0 Å². The SMILES string of the molecule is OB(O)c1ccc(-c2ccc(-c3ccccc3)cc2)cc1F. The van der Waals surface area contributed by atoms with Crippen molar-refractivity contribution < 1.29 is 14.4 Å². The van der Waals surface area contributed by atoms with Crippen LogP contribution in [0.25, 0.3) is 22.3 Å². The second kappa shape index (κ2) is 6.14. The highest BCUT2D eigenvalue weighted by atomic mass is 19.1. The van der Waals surface area contributed by atoms with Crippen molar-refractivity contribution in [2.24, 2.45) is 0 Å². The van der Waals surface area contributed by atoms with Crippen molar-refractivity contribution in [3.63, 3.8) is 0 Å². The number of rotatable bonds is 3. The van der Waals surface area contributed by atoms with Gasteiger partial charge in [-0.1, -0.05) is 66.7 Å². The molecule has 2 N–H and O–H groups in total. The first-order valence-corrected chi connectivity index (χ1v) is 6.96. The second-order valence-corrected chi connectivity index (χ2v) is 5.05. The fraction of sp³-hybridized carbons (Fsp3) is 0. The Kier molecular flexibility index (Phi) is 4.05. The number of benzene rings is 3. The molecule has 0 fully saturated rings. The lowest BCUT2D eigenvalue weighted by molar-refractivity contribution is 0.423. The van der Waals surface area contributed by atoms with Gasteiger partial charge in [0.15, 0.2) is 0 Å². The first kappa shape index (κ1) is 14.5. The molecule has 0 amide bonds. The highest BCUT2D eigenvalue weighted by molar-refractivity contribution is 6.58. The standard InChI is InChI=1S/C18H14BFO2/c20-18-12-16(10-11-17(18)19(21)22)15-8-6-14(7-9-15)13-4-2-1-3-5-13/h1-12,21-22H. The van der Waals surface area contributed by atoms with Crippen LogP contribution in [0.3, 0.4) is 0 Å². The van der Waals surface area contributed by atoms with Crippen LogP contribution in [0.4, 0.5) is 4.39 Å². The van der Waals surface area contributed by atoms with Crippen molar-refractivity contribution in [3.8, 4) is 22.3 Å². The summed E-state index contributed by atoms with van der Waals surface area (Å²) in [6, 6.07) is 22.2. The van der Waals surface area contributed by atoms with Crippen LogP contribution in [0.15, 0.2) is 72.8 Å². The summed E-state index contributed by atoms with van der Waals surface area (Å²) in [4.78, 5) is 0. The lowest BCUT2D eigenvalue weighted by Gasteiger charge is -2.07. The molecule has 0 saturated carbocycles. The van der Waals surface area contributed by atoms with Gasteiger partial charge in [-0.05, 0) is 28.3 Å². The average molecular weight is 292 g/mol. The van der Waals surface area contributed by atoms with Gasteiger partial charge < -0.3 is 10.0 Å². The van der Waals surface area contributed by atoms with Gasteiger partial charge in [-0.3, -0.25) is 0 Å². The predicted molar refractivity (Wildman–Crippen MR) is 87.1 cm³/mol. The van der Waals surface area contributed by atoms with E-state index in [1.165, 1.54) is 12.1 Å². The van der Waals surface area contributed by atoms with Gasteiger partial charge in [0.05, 0.1) is 0 Å². The normalized spacial score (nSPS) is 10.5. The van der Waals surface area contributed by atoms with Gasteiger partial charge >= 0.3 is 7.12 Å². The van der Waals surface area contributed by atoms with E-state index in [9.17, 15) is 4.39 Å². The van der Waals surface area contributed by atoms with Gasteiger partial charge in [0.2, 0.25) is 0 Å². The van der Waals surface area contributed by atoms with E-state index in [4.69, 9.17) is 10.0 Å². The Hall–Kier alpha value is -2.43. The maximum atomic E-state index is 13.8. The quantitative estimate of drug-likeness (QED) is 0.729. The molecule has 3 aromatic rings. The molecular weight excluding hydrogens is 278 g/mol. The van der Waals surface area contributed by atoms with Crippen LogP contribution >= 0.6 is 0 Å². The van der Waals surface area contributed by atoms with Crippen LogP contribution in [-0.2, 0) is 0 Å². The topological polar surface area (TPSA) is 40.5 Å². The largest absolute Gasteiger partial charge is 0.491 e. The van der Waals surface area contributed by atoms with E-state index in [1.54, 1.807) is 6.07 Å². The minimum atomic E-state index is -1.80. The van der Waals surface area contributed by atoms with Crippen LogP contribution in [0, 0.1) is 5.82 Å². The van der Waals surface area contributed by atoms with E-state index < -0.39 is 12.9 Å². The zero-order valence-electron chi connectivity index (χ0n) is 11.8. The van der Waals surface area contributed by atoms with Crippen molar-refractivity contribution >= 4 is 12.6 Å². The Morgan fingerprint density at radius 1 is 0.636 bits per heavy atom. The zero-order valence-corrected chi connectivity index (χ0v) is 11.8. The Morgan fingerprint density at radius 3 is 1.68 bits per heavy atom. The molecule has 0 aromatic heterocycles. The van der Waals surface area contributed by atoms with E-state index in [0.717, 1.165) is 16.7 Å². The Morgan fingerprint density at radius 2 is 1.14 bits per heavy atom. The number of halogens is 1. The van der Waals surface area contributed by atoms with Gasteiger partial charge in [-0.2, -0.15) is 0 Å². The third kappa shape index (κ3) is 2.93. The summed E-state index contributed by atoms with van der Waals surface area (Å²) in [5.74, 6) is -0.625. The van der Waals surface area contributed by atoms with Crippen LogP contribution in [0.2, 0.25) is 0 Å². The van der Waals surface area contributed by atoms with Crippen LogP contribution in [-0.4, -0.2) is 17.2 Å². The average Bonchev–Trinajstić information content (AvgIpc) is 2.55. The van der Waals surface area contributed by atoms with Crippen molar-refractivity contribution in [2.75, 3.05) is 0 Å². The Labute approximate surface area is 128 Å². The van der Waals surface area contributed by atoms with Crippen molar-refractivity contribution in [3.05, 3.63) is 78.6 Å². The van der Waals surface area contributed by atoms with Gasteiger partial charge in [0.25, 0.3) is 0 Å². The summed E-state index contributed by atoms with van der Waals surface area (Å²) in [7, 11) is -1.80. The molecule has 22 heavy (non-hydrogen) atoms. The molecule has 2 nitrogen and oxygen atoms in total. The molecule has 0 atom stereocenters. The van der Waals surface area contributed by atoms with E-state index in [0.29, 0.717) is 5.56 Å². The van der Waals surface area contributed by atoms with E-state index in [-0.39, 0.29) is 5.46 Å². The van der Waals surface area contributed by atoms with E-state index in [2.05, 4.69) is 0 Å². The van der Waals surface area contributed by atoms with Crippen LogP contribution < -0.4 is 5.46 Å². The van der Waals surface area contributed by atoms with Crippen molar-refractivity contribution in [1.82, 2.24) is 0 Å². The molecule has 0 aliphatic heterocycles. The summed E-state index contributed by atoms with van der Waals surface area (Å²) in [6.45, 7) is 0. The summed E-state index contributed by atoms with van der Waals surface area (Å²) >= 11 is 0. The first-order chi connectivity index (χ1) is 10.6. The summed E-state index contributed by atoms with van der Waals surface area (Å²) in [5.41, 5.74) is 3.66. The minimum absolute atomic E-state index is 0.121. The third-order valence-electron chi connectivity index (χ3n) is 3.60. The molecule has 0 heterocycles. The Balaban J connectivity index is 1.92. The molecule has 3 rings (SSSR count). The molecular formula is C18H14BFO2. The maximum absolute atomic E-state index is 13.8. The van der Waals surface area contributed by atoms with E-state index >= 15 is 0 Å². The van der Waals surface area contributed by atoms with Crippen molar-refractivity contribution in [1.29, 1.82) is 0 Å². The number of hydrogen-bond donors (Lipinski definition) is 2. The summed E-state index contributed by atoms with van der Waals surface area (Å²) < 4.78 is 13.8. The highest BCUT2D eigenvalue weighted by Crippen LogP contribution is 2.24. The predicted octanol–water partition coefficient (Wildman–Crippen LogP) is 2.84. The molecule has 4 heteroatoms. The lowest BCUT2D eigenvalue weighted by atomic mass is 9.79. The van der Waals surface area contributed by atoms with Gasteiger partial charge in [0.1, 0.15) is 5.82 Å². The monoisotopic (exact) mass is 292 g/mol. The molecule has 0 radical (unpaired) electrons. The van der Waals surface area contributed by atoms with Crippen molar-refractivity contribution in [2.45, 2.75) is 0 Å². The maximum Gasteiger partial charge on any atom is 0.491 e. The molecule has 0 saturated heterocycles. The smallest absolute Gasteiger partial charge is 0.423 e. The molecule has 3 aromatic carbocycles. The second-order valence-electron chi connectivity index (χ2n) is 5.05. The molecule has 0 bridgehead atoms. The first-order valence-electron chi connectivity index (χ1n) is 6.96. The molecule has 0 aliphatic rings. The van der Waals surface area contributed by atoms with E-state index in [1.807, 2.05) is 54.6 Å². The fourth-order valence-corrected chi connectivity index (χ4v) is 2.40. The van der Waals surface area contributed by atoms with Gasteiger partial charge in [-0.25, -0.2) is 4.39 Å². The van der Waals surface area contributed by atoms with Crippen LogP contribution in [0.5, 0.6) is 0 Å². The minimum Gasteiger partial charge on any atom is -0.423 e. The lowest BCUT2D eigenvalue weighted by Crippen LogP contribution is -2.32. The molecule has 0 aliphatic carbocycles. The molecule has 0 spiro atoms. The zero-order chi connectivity index (χ0) is 15.5. The summed E-state index contributed by atoms with van der Waals surface area (Å²) in [6.07, 6.45) is 0. The highest BCUT2D eigenvalue weighted by Gasteiger charge is 2.16. The molecule has 0 unspecified atom stereocenters. The third-order valence-corrected chi connectivity index (χ3v) is 3.60. The fourth-order valence-electron chi connectivity index (χ4n) is 2.40. The molecule has 108 valence electrons. The van der Waals surface area contributed by atoms with Gasteiger partial charge in [0, 0.05) is 5.46 Å². The summed E-state index contributed by atoms with van der Waals surface area (Å²) in [5, 5.41) is 18.1. The van der Waals surface area contributed by atoms with Crippen LogP contribution in [0.1, 0.15) is 0 Å². The Bertz CT molecular complexity index is 771.